The molecule has 0 radical (unpaired) electrons. The zero-order valence-corrected chi connectivity index (χ0v) is 20.5. The van der Waals surface area contributed by atoms with Crippen LogP contribution < -0.4 is 10.6 Å². The number of nitrogens with one attached hydrogen (secondary N) is 2. The monoisotopic (exact) mass is 521 g/mol. The highest BCUT2D eigenvalue weighted by molar-refractivity contribution is 14.0. The summed E-state index contributed by atoms with van der Waals surface area (Å²) in [6.07, 6.45) is 8.15. The van der Waals surface area contributed by atoms with Crippen LogP contribution in [0, 0.1) is 0 Å². The smallest absolute Gasteiger partial charge is 0.191 e. The molecule has 2 aromatic rings. The zero-order chi connectivity index (χ0) is 20.2. The Morgan fingerprint density at radius 3 is 2.53 bits per heavy atom. The Balaban J connectivity index is 0.00000320. The lowest BCUT2D eigenvalue weighted by Crippen LogP contribution is -2.38. The van der Waals surface area contributed by atoms with Gasteiger partial charge in [0.05, 0.1) is 6.54 Å². The van der Waals surface area contributed by atoms with Crippen LogP contribution in [0.5, 0.6) is 0 Å². The first-order valence-corrected chi connectivity index (χ1v) is 11.1. The van der Waals surface area contributed by atoms with E-state index < -0.39 is 0 Å². The third-order valence-electron chi connectivity index (χ3n) is 5.26. The van der Waals surface area contributed by atoms with E-state index in [1.807, 2.05) is 18.3 Å². The number of halogens is 1. The summed E-state index contributed by atoms with van der Waals surface area (Å²) in [5.74, 6) is 0.862. The number of hydrogen-bond donors (Lipinski definition) is 2. The molecule has 0 unspecified atom stereocenters. The van der Waals surface area contributed by atoms with Crippen molar-refractivity contribution >= 4 is 29.9 Å². The number of benzene rings is 1. The Hall–Kier alpha value is -1.67. The van der Waals surface area contributed by atoms with Gasteiger partial charge in [0.1, 0.15) is 0 Å². The van der Waals surface area contributed by atoms with E-state index in [0.717, 1.165) is 37.7 Å². The highest BCUT2D eigenvalue weighted by Gasteiger charge is 2.09. The van der Waals surface area contributed by atoms with E-state index in [1.165, 1.54) is 49.9 Å². The summed E-state index contributed by atoms with van der Waals surface area (Å²) in [6.45, 7) is 7.97. The van der Waals surface area contributed by atoms with Gasteiger partial charge >= 0.3 is 0 Å². The fourth-order valence-electron chi connectivity index (χ4n) is 3.75. The fraction of sp³-hybridized carbons (Fsp3) is 0.500. The molecule has 0 saturated carbocycles. The number of rotatable bonds is 8. The predicted molar refractivity (Wildman–Crippen MR) is 136 cm³/mol. The van der Waals surface area contributed by atoms with E-state index in [-0.39, 0.29) is 24.0 Å². The van der Waals surface area contributed by atoms with Gasteiger partial charge in [0.15, 0.2) is 5.96 Å². The van der Waals surface area contributed by atoms with Crippen molar-refractivity contribution in [3.05, 3.63) is 65.5 Å². The van der Waals surface area contributed by atoms with Crippen LogP contribution in [0.15, 0.2) is 53.7 Å². The number of aromatic nitrogens is 1. The first-order valence-electron chi connectivity index (χ1n) is 11.1. The highest BCUT2D eigenvalue weighted by atomic mass is 127. The normalized spacial score (nSPS) is 15.2. The van der Waals surface area contributed by atoms with Crippen LogP contribution >= 0.6 is 24.0 Å². The molecule has 0 bridgehead atoms. The largest absolute Gasteiger partial charge is 0.357 e. The van der Waals surface area contributed by atoms with Crippen LogP contribution in [0.4, 0.5) is 0 Å². The summed E-state index contributed by atoms with van der Waals surface area (Å²) in [6, 6.07) is 14.9. The number of nitrogens with zero attached hydrogens (tertiary/aromatic N) is 3. The summed E-state index contributed by atoms with van der Waals surface area (Å²) in [5.41, 5.74) is 3.75. The molecule has 1 aromatic heterocycles. The molecule has 1 saturated heterocycles. The minimum atomic E-state index is 0. The van der Waals surface area contributed by atoms with Gasteiger partial charge in [-0.25, -0.2) is 4.99 Å². The van der Waals surface area contributed by atoms with E-state index in [9.17, 15) is 0 Å². The minimum Gasteiger partial charge on any atom is -0.357 e. The Bertz CT molecular complexity index is 742. The SMILES string of the molecule is CCNC(=NCc1cccc(CN2CCCCCC2)c1)NCCc1ccccn1.I. The molecule has 1 aromatic carbocycles. The summed E-state index contributed by atoms with van der Waals surface area (Å²) < 4.78 is 0. The molecule has 0 spiro atoms. The average molecular weight is 521 g/mol. The molecule has 1 aliphatic heterocycles. The maximum Gasteiger partial charge on any atom is 0.191 e. The van der Waals surface area contributed by atoms with Crippen LogP contribution in [0.25, 0.3) is 0 Å². The van der Waals surface area contributed by atoms with Crippen molar-refractivity contribution in [2.75, 3.05) is 26.2 Å². The van der Waals surface area contributed by atoms with Crippen molar-refractivity contribution in [1.29, 1.82) is 0 Å². The molecule has 1 aliphatic rings. The molecule has 164 valence electrons. The van der Waals surface area contributed by atoms with Crippen molar-refractivity contribution < 1.29 is 0 Å². The summed E-state index contributed by atoms with van der Waals surface area (Å²) >= 11 is 0. The lowest BCUT2D eigenvalue weighted by molar-refractivity contribution is 0.277. The second kappa shape index (κ2) is 14.4. The van der Waals surface area contributed by atoms with Crippen molar-refractivity contribution in [3.63, 3.8) is 0 Å². The molecular weight excluding hydrogens is 485 g/mol. The molecule has 30 heavy (non-hydrogen) atoms. The highest BCUT2D eigenvalue weighted by Crippen LogP contribution is 2.14. The second-order valence-corrected chi connectivity index (χ2v) is 7.70. The first kappa shape index (κ1) is 24.6. The minimum absolute atomic E-state index is 0. The van der Waals surface area contributed by atoms with E-state index >= 15 is 0 Å². The standard InChI is InChI=1S/C24H35N5.HI/c1-2-25-24(27-15-13-23-12-5-6-14-26-23)28-19-21-10-9-11-22(18-21)20-29-16-7-3-4-8-17-29;/h5-6,9-12,14,18H,2-4,7-8,13,15-17,19-20H2,1H3,(H2,25,27,28);1H. The Labute approximate surface area is 198 Å². The average Bonchev–Trinajstić information content (AvgIpc) is 3.02. The molecule has 5 nitrogen and oxygen atoms in total. The molecule has 1 fully saturated rings. The summed E-state index contributed by atoms with van der Waals surface area (Å²) in [5, 5.41) is 6.75. The van der Waals surface area contributed by atoms with Gasteiger partial charge in [-0.15, -0.1) is 24.0 Å². The van der Waals surface area contributed by atoms with Gasteiger partial charge in [0.25, 0.3) is 0 Å². The summed E-state index contributed by atoms with van der Waals surface area (Å²) in [7, 11) is 0. The number of guanidine groups is 1. The lowest BCUT2D eigenvalue weighted by Gasteiger charge is -2.20. The number of aliphatic imine (C=N–C) groups is 1. The van der Waals surface area contributed by atoms with Crippen LogP contribution in [-0.2, 0) is 19.5 Å². The third-order valence-corrected chi connectivity index (χ3v) is 5.26. The second-order valence-electron chi connectivity index (χ2n) is 7.70. The van der Waals surface area contributed by atoms with Crippen LogP contribution in [0.3, 0.4) is 0 Å². The zero-order valence-electron chi connectivity index (χ0n) is 18.1. The molecule has 0 aliphatic carbocycles. The Morgan fingerprint density at radius 2 is 1.80 bits per heavy atom. The van der Waals surface area contributed by atoms with Gasteiger partial charge in [-0.05, 0) is 56.1 Å². The van der Waals surface area contributed by atoms with E-state index in [4.69, 9.17) is 4.99 Å². The van der Waals surface area contributed by atoms with Crippen molar-refractivity contribution in [3.8, 4) is 0 Å². The lowest BCUT2D eigenvalue weighted by atomic mass is 10.1. The first-order chi connectivity index (χ1) is 14.3. The fourth-order valence-corrected chi connectivity index (χ4v) is 3.75. The number of pyridine rings is 1. The molecular formula is C24H36IN5. The van der Waals surface area contributed by atoms with Crippen molar-refractivity contribution in [2.45, 2.75) is 52.1 Å². The molecule has 3 rings (SSSR count). The predicted octanol–water partition coefficient (Wildman–Crippen LogP) is 4.37. The van der Waals surface area contributed by atoms with Gasteiger partial charge in [-0.2, -0.15) is 0 Å². The van der Waals surface area contributed by atoms with Crippen molar-refractivity contribution in [2.24, 2.45) is 4.99 Å². The molecule has 2 heterocycles. The molecule has 2 N–H and O–H groups in total. The van der Waals surface area contributed by atoms with Gasteiger partial charge in [0.2, 0.25) is 0 Å². The van der Waals surface area contributed by atoms with E-state index in [1.54, 1.807) is 0 Å². The number of hydrogen-bond acceptors (Lipinski definition) is 3. The van der Waals surface area contributed by atoms with Gasteiger partial charge in [0, 0.05) is 37.9 Å². The Kier molecular flexibility index (Phi) is 11.8. The van der Waals surface area contributed by atoms with Gasteiger partial charge in [-0.3, -0.25) is 9.88 Å². The van der Waals surface area contributed by atoms with Crippen molar-refractivity contribution in [1.82, 2.24) is 20.5 Å². The Morgan fingerprint density at radius 1 is 1.00 bits per heavy atom. The van der Waals surface area contributed by atoms with Crippen LogP contribution in [-0.4, -0.2) is 42.0 Å². The molecule has 0 amide bonds. The molecule has 0 atom stereocenters. The van der Waals surface area contributed by atoms with Gasteiger partial charge in [-0.1, -0.05) is 43.2 Å². The van der Waals surface area contributed by atoms with Crippen LogP contribution in [0.1, 0.15) is 49.4 Å². The van der Waals surface area contributed by atoms with E-state index in [0.29, 0.717) is 6.54 Å². The summed E-state index contributed by atoms with van der Waals surface area (Å²) in [4.78, 5) is 11.7. The quantitative estimate of drug-likeness (QED) is 0.308. The topological polar surface area (TPSA) is 52.6 Å². The third kappa shape index (κ3) is 9.00. The van der Waals surface area contributed by atoms with E-state index in [2.05, 4.69) is 57.8 Å². The van der Waals surface area contributed by atoms with Crippen LogP contribution in [0.2, 0.25) is 0 Å². The number of likely N-dealkylation sites (tertiary alicyclic amines) is 1. The maximum atomic E-state index is 4.78. The maximum absolute atomic E-state index is 4.78. The van der Waals surface area contributed by atoms with Gasteiger partial charge < -0.3 is 10.6 Å². The molecule has 6 heteroatoms.